The number of hydrogen-bond acceptors (Lipinski definition) is 3. The Balaban J connectivity index is 2.05. The lowest BCUT2D eigenvalue weighted by Gasteiger charge is -2.27. The topological polar surface area (TPSA) is 39.1 Å². The third-order valence-electron chi connectivity index (χ3n) is 3.79. The Kier molecular flexibility index (Phi) is 3.03. The second-order valence-corrected chi connectivity index (χ2v) is 5.13. The molecule has 0 bridgehead atoms. The smallest absolute Gasteiger partial charge is 0.129 e. The third kappa shape index (κ3) is 2.02. The van der Waals surface area contributed by atoms with Gasteiger partial charge < -0.3 is 10.1 Å². The highest BCUT2D eigenvalue weighted by Gasteiger charge is 2.21. The Morgan fingerprint density at radius 1 is 1.26 bits per heavy atom. The van der Waals surface area contributed by atoms with Crippen molar-refractivity contribution in [1.82, 2.24) is 15.1 Å². The minimum absolute atomic E-state index is 0.491. The summed E-state index contributed by atoms with van der Waals surface area (Å²) in [5, 5.41) is 7.75. The number of benzene rings is 1. The van der Waals surface area contributed by atoms with E-state index in [-0.39, 0.29) is 0 Å². The van der Waals surface area contributed by atoms with Gasteiger partial charge in [-0.1, -0.05) is 12.1 Å². The summed E-state index contributed by atoms with van der Waals surface area (Å²) >= 11 is 0. The van der Waals surface area contributed by atoms with Crippen molar-refractivity contribution in [1.29, 1.82) is 0 Å². The van der Waals surface area contributed by atoms with Gasteiger partial charge >= 0.3 is 0 Å². The molecule has 4 heteroatoms. The Morgan fingerprint density at radius 2 is 2.00 bits per heavy atom. The first kappa shape index (κ1) is 12.2. The van der Waals surface area contributed by atoms with Crippen molar-refractivity contribution in [3.05, 3.63) is 35.7 Å². The van der Waals surface area contributed by atoms with Crippen LogP contribution in [0.3, 0.4) is 0 Å². The minimum atomic E-state index is 0.491. The number of aryl methyl sites for hydroxylation is 2. The van der Waals surface area contributed by atoms with Gasteiger partial charge in [-0.15, -0.1) is 0 Å². The first-order valence-corrected chi connectivity index (χ1v) is 6.60. The molecule has 2 aromatic rings. The molecule has 0 radical (unpaired) electrons. The highest BCUT2D eigenvalue weighted by atomic mass is 16.5. The molecule has 1 fully saturated rings. The van der Waals surface area contributed by atoms with Gasteiger partial charge in [0.15, 0.2) is 0 Å². The molecule has 19 heavy (non-hydrogen) atoms. The van der Waals surface area contributed by atoms with Crippen molar-refractivity contribution in [3.63, 3.8) is 0 Å². The van der Waals surface area contributed by atoms with Crippen LogP contribution in [0.1, 0.15) is 17.2 Å². The third-order valence-corrected chi connectivity index (χ3v) is 3.79. The predicted molar refractivity (Wildman–Crippen MR) is 75.6 cm³/mol. The molecule has 0 aliphatic carbocycles. The van der Waals surface area contributed by atoms with Crippen molar-refractivity contribution in [2.75, 3.05) is 20.2 Å². The first-order chi connectivity index (χ1) is 9.20. The number of nitrogens with one attached hydrogen (secondary N) is 1. The van der Waals surface area contributed by atoms with Crippen molar-refractivity contribution in [3.8, 4) is 16.9 Å². The van der Waals surface area contributed by atoms with Gasteiger partial charge in [-0.05, 0) is 25.0 Å². The van der Waals surface area contributed by atoms with Crippen molar-refractivity contribution in [2.45, 2.75) is 19.9 Å². The number of ether oxygens (including phenoxy) is 1. The average molecular weight is 257 g/mol. The standard InChI is InChI=1S/C15H19N3O/c1-10-4-5-11(2)15(19-3)14(10)12-6-17-18(9-12)13-7-16-8-13/h4-6,9,13,16H,7-8H2,1-3H3. The number of aromatic nitrogens is 2. The Hall–Kier alpha value is -1.81. The van der Waals surface area contributed by atoms with Crippen LogP contribution in [0.5, 0.6) is 5.75 Å². The first-order valence-electron chi connectivity index (χ1n) is 6.60. The Bertz CT molecular complexity index is 599. The van der Waals surface area contributed by atoms with Crippen LogP contribution in [0.4, 0.5) is 0 Å². The predicted octanol–water partition coefficient (Wildman–Crippen LogP) is 2.32. The summed E-state index contributed by atoms with van der Waals surface area (Å²) < 4.78 is 7.62. The maximum Gasteiger partial charge on any atom is 0.129 e. The molecule has 3 rings (SSSR count). The molecule has 1 aliphatic heterocycles. The molecule has 0 unspecified atom stereocenters. The zero-order valence-corrected chi connectivity index (χ0v) is 11.6. The molecular formula is C15H19N3O. The van der Waals surface area contributed by atoms with Gasteiger partial charge in [0.1, 0.15) is 5.75 Å². The molecule has 0 amide bonds. The van der Waals surface area contributed by atoms with Crippen LogP contribution >= 0.6 is 0 Å². The molecule has 1 aliphatic rings. The fourth-order valence-electron chi connectivity index (χ4n) is 2.53. The van der Waals surface area contributed by atoms with E-state index in [2.05, 4.69) is 42.6 Å². The Morgan fingerprint density at radius 3 is 2.63 bits per heavy atom. The fourth-order valence-corrected chi connectivity index (χ4v) is 2.53. The molecule has 0 atom stereocenters. The number of nitrogens with zero attached hydrogens (tertiary/aromatic N) is 2. The van der Waals surface area contributed by atoms with Crippen LogP contribution in [-0.4, -0.2) is 30.0 Å². The van der Waals surface area contributed by atoms with Gasteiger partial charge in [-0.2, -0.15) is 5.10 Å². The molecule has 0 spiro atoms. The van der Waals surface area contributed by atoms with Crippen molar-refractivity contribution in [2.24, 2.45) is 0 Å². The molecule has 1 saturated heterocycles. The molecule has 0 saturated carbocycles. The van der Waals surface area contributed by atoms with Gasteiger partial charge in [0.2, 0.25) is 0 Å². The number of hydrogen-bond donors (Lipinski definition) is 1. The molecule has 100 valence electrons. The summed E-state index contributed by atoms with van der Waals surface area (Å²) in [6.07, 6.45) is 4.05. The maximum absolute atomic E-state index is 5.57. The summed E-state index contributed by atoms with van der Waals surface area (Å²) in [6, 6.07) is 4.72. The van der Waals surface area contributed by atoms with Crippen LogP contribution in [0.25, 0.3) is 11.1 Å². The lowest BCUT2D eigenvalue weighted by atomic mass is 9.99. The highest BCUT2D eigenvalue weighted by Crippen LogP contribution is 2.35. The van der Waals surface area contributed by atoms with E-state index in [1.165, 1.54) is 5.56 Å². The highest BCUT2D eigenvalue weighted by molar-refractivity contribution is 5.74. The van der Waals surface area contributed by atoms with E-state index in [1.807, 2.05) is 10.9 Å². The fraction of sp³-hybridized carbons (Fsp3) is 0.400. The Labute approximate surface area is 113 Å². The lowest BCUT2D eigenvalue weighted by Crippen LogP contribution is -2.43. The van der Waals surface area contributed by atoms with Gasteiger partial charge in [0.25, 0.3) is 0 Å². The van der Waals surface area contributed by atoms with Crippen LogP contribution in [0.2, 0.25) is 0 Å². The van der Waals surface area contributed by atoms with Crippen molar-refractivity contribution < 1.29 is 4.74 Å². The van der Waals surface area contributed by atoms with Gasteiger partial charge in [-0.3, -0.25) is 4.68 Å². The molecular weight excluding hydrogens is 238 g/mol. The monoisotopic (exact) mass is 257 g/mol. The molecule has 1 N–H and O–H groups in total. The van der Waals surface area contributed by atoms with Crippen LogP contribution < -0.4 is 10.1 Å². The summed E-state index contributed by atoms with van der Waals surface area (Å²) in [5.41, 5.74) is 4.65. The van der Waals surface area contributed by atoms with Gasteiger partial charge in [0.05, 0.1) is 19.3 Å². The second-order valence-electron chi connectivity index (χ2n) is 5.13. The summed E-state index contributed by atoms with van der Waals surface area (Å²) in [6.45, 7) is 6.19. The van der Waals surface area contributed by atoms with Gasteiger partial charge in [0, 0.05) is 30.4 Å². The molecule has 1 aromatic heterocycles. The number of methoxy groups -OCH3 is 1. The molecule has 4 nitrogen and oxygen atoms in total. The summed E-state index contributed by atoms with van der Waals surface area (Å²) in [7, 11) is 1.73. The van der Waals surface area contributed by atoms with E-state index in [4.69, 9.17) is 4.74 Å². The van der Waals surface area contributed by atoms with Gasteiger partial charge in [-0.25, -0.2) is 0 Å². The van der Waals surface area contributed by atoms with Crippen molar-refractivity contribution >= 4 is 0 Å². The van der Waals surface area contributed by atoms with E-state index in [9.17, 15) is 0 Å². The van der Waals surface area contributed by atoms with E-state index < -0.39 is 0 Å². The minimum Gasteiger partial charge on any atom is -0.496 e. The largest absolute Gasteiger partial charge is 0.496 e. The maximum atomic E-state index is 5.57. The van der Waals surface area contributed by atoms with E-state index >= 15 is 0 Å². The molecule has 1 aromatic carbocycles. The SMILES string of the molecule is COc1c(C)ccc(C)c1-c1cnn(C2CNC2)c1. The normalized spacial score (nSPS) is 15.3. The molecule has 2 heterocycles. The summed E-state index contributed by atoms with van der Waals surface area (Å²) in [4.78, 5) is 0. The van der Waals surface area contributed by atoms with Crippen LogP contribution in [0.15, 0.2) is 24.5 Å². The lowest BCUT2D eigenvalue weighted by molar-refractivity contribution is 0.318. The quantitative estimate of drug-likeness (QED) is 0.917. The van der Waals surface area contributed by atoms with E-state index in [0.29, 0.717) is 6.04 Å². The zero-order valence-electron chi connectivity index (χ0n) is 11.6. The van der Waals surface area contributed by atoms with E-state index in [1.54, 1.807) is 7.11 Å². The average Bonchev–Trinajstić information content (AvgIpc) is 2.78. The van der Waals surface area contributed by atoms with E-state index in [0.717, 1.165) is 35.5 Å². The zero-order chi connectivity index (χ0) is 13.4. The van der Waals surface area contributed by atoms with Crippen LogP contribution in [-0.2, 0) is 0 Å². The summed E-state index contributed by atoms with van der Waals surface area (Å²) in [5.74, 6) is 0.950. The number of rotatable bonds is 3. The second kappa shape index (κ2) is 4.70. The van der Waals surface area contributed by atoms with Crippen LogP contribution in [0, 0.1) is 13.8 Å².